The molecule has 7 N–H and O–H groups in total. The first-order chi connectivity index (χ1) is 26.1. The number of aliphatic hydroxyl groups excluding tert-OH is 1. The molecule has 1 saturated carbocycles. The summed E-state index contributed by atoms with van der Waals surface area (Å²) in [6.45, 7) is 24.6. The van der Waals surface area contributed by atoms with Crippen molar-refractivity contribution in [2.75, 3.05) is 7.11 Å². The van der Waals surface area contributed by atoms with E-state index in [0.29, 0.717) is 30.0 Å². The lowest BCUT2D eigenvalue weighted by molar-refractivity contribution is -0.116. The first kappa shape index (κ1) is 48.3. The first-order valence-corrected chi connectivity index (χ1v) is 21.2. The van der Waals surface area contributed by atoms with Crippen LogP contribution in [0.1, 0.15) is 137 Å². The van der Waals surface area contributed by atoms with Gasteiger partial charge in [0.05, 0.1) is 24.4 Å². The summed E-state index contributed by atoms with van der Waals surface area (Å²) < 4.78 is 11.8. The van der Waals surface area contributed by atoms with Crippen molar-refractivity contribution >= 4 is 5.78 Å². The van der Waals surface area contributed by atoms with Gasteiger partial charge in [-0.25, -0.2) is 0 Å². The van der Waals surface area contributed by atoms with Crippen LogP contribution in [0.25, 0.3) is 0 Å². The van der Waals surface area contributed by atoms with E-state index in [2.05, 4.69) is 59.2 Å². The van der Waals surface area contributed by atoms with Gasteiger partial charge in [0.2, 0.25) is 0 Å². The lowest BCUT2D eigenvalue weighted by Gasteiger charge is -2.38. The molecule has 7 atom stereocenters. The van der Waals surface area contributed by atoms with Gasteiger partial charge in [-0.05, 0) is 133 Å². The van der Waals surface area contributed by atoms with E-state index in [1.54, 1.807) is 7.11 Å². The molecule has 1 aliphatic heterocycles. The van der Waals surface area contributed by atoms with Crippen LogP contribution in [-0.4, -0.2) is 54.0 Å². The number of aliphatic hydroxyl groups is 1. The number of hydrogen-bond acceptors (Lipinski definition) is 7. The second-order valence-electron chi connectivity index (χ2n) is 16.8. The molecule has 310 valence electrons. The SMILES string of the molecule is C=CCC(CCC1(N)CCC(CC)CC1)CC(=C)C/C=C(\CC)C(O)CC(=C)C(N)CC(C)/C=C/C=C/C=C(\N)C(CC1CCCC(C(=C)C(C)=O)O1)OC. The van der Waals surface area contributed by atoms with Crippen molar-refractivity contribution in [3.8, 4) is 0 Å². The van der Waals surface area contributed by atoms with Crippen LogP contribution in [0, 0.1) is 17.8 Å². The lowest BCUT2D eigenvalue weighted by Crippen LogP contribution is -2.43. The lowest BCUT2D eigenvalue weighted by atomic mass is 9.72. The predicted molar refractivity (Wildman–Crippen MR) is 233 cm³/mol. The van der Waals surface area contributed by atoms with Crippen LogP contribution in [-0.2, 0) is 14.3 Å². The molecule has 1 aliphatic carbocycles. The summed E-state index contributed by atoms with van der Waals surface area (Å²) in [5.74, 6) is 1.54. The molecule has 2 rings (SSSR count). The van der Waals surface area contributed by atoms with Gasteiger partial charge in [-0.15, -0.1) is 6.58 Å². The highest BCUT2D eigenvalue weighted by atomic mass is 16.5. The van der Waals surface area contributed by atoms with Crippen LogP contribution in [0.15, 0.2) is 96.8 Å². The summed E-state index contributed by atoms with van der Waals surface area (Å²) in [6.07, 6.45) is 29.0. The summed E-state index contributed by atoms with van der Waals surface area (Å²) in [5.41, 5.74) is 24.0. The standard InChI is InChI=1S/C48H79N3O4/c1-10-17-40(26-29-48(51)27-24-39(11-2)25-28-48)30-35(5)22-23-41(12-3)45(53)32-36(6)44(50)31-34(4)18-14-13-15-20-43(49)47(54-9)33-42-19-16-21-46(55-42)37(7)38(8)52/h10,13-15,18,20,23,34,39-40,42,44-47,53H,1,5-7,11-12,16-17,19,21-22,24-33,49-51H2,2-4,8-9H3/b15-13+,18-14+,41-23+,43-20-. The fourth-order valence-corrected chi connectivity index (χ4v) is 8.16. The van der Waals surface area contributed by atoms with Gasteiger partial charge < -0.3 is 31.8 Å². The molecular formula is C48H79N3O4. The topological polar surface area (TPSA) is 134 Å². The maximum absolute atomic E-state index is 11.8. The molecule has 0 spiro atoms. The second-order valence-corrected chi connectivity index (χ2v) is 16.8. The molecule has 0 aromatic carbocycles. The highest BCUT2D eigenvalue weighted by Gasteiger charge is 2.32. The van der Waals surface area contributed by atoms with Crippen LogP contribution in [0.5, 0.6) is 0 Å². The predicted octanol–water partition coefficient (Wildman–Crippen LogP) is 10.0. The maximum atomic E-state index is 11.8. The summed E-state index contributed by atoms with van der Waals surface area (Å²) in [7, 11) is 1.65. The molecule has 0 aromatic rings. The number of ketones is 1. The minimum absolute atomic E-state index is 0.0192. The Kier molecular flexibility index (Phi) is 22.4. The Morgan fingerprint density at radius 3 is 2.40 bits per heavy atom. The number of nitrogens with two attached hydrogens (primary N) is 3. The molecule has 2 aliphatic rings. The Morgan fingerprint density at radius 1 is 1.07 bits per heavy atom. The Bertz CT molecular complexity index is 1350. The smallest absolute Gasteiger partial charge is 0.157 e. The van der Waals surface area contributed by atoms with Crippen LogP contribution >= 0.6 is 0 Å². The Hall–Kier alpha value is -2.81. The number of rotatable bonds is 26. The van der Waals surface area contributed by atoms with E-state index in [1.165, 1.54) is 31.8 Å². The molecule has 7 unspecified atom stereocenters. The van der Waals surface area contributed by atoms with E-state index in [1.807, 2.05) is 30.4 Å². The Balaban J connectivity index is 1.81. The Morgan fingerprint density at radius 2 is 1.78 bits per heavy atom. The fraction of sp³-hybridized carbons (Fsp3) is 0.646. The molecule has 55 heavy (non-hydrogen) atoms. The quantitative estimate of drug-likeness (QED) is 0.0392. The molecule has 1 heterocycles. The molecule has 7 heteroatoms. The summed E-state index contributed by atoms with van der Waals surface area (Å²) in [6, 6.07) is -0.221. The number of carbonyl (C=O) groups excluding carboxylic acids is 1. The van der Waals surface area contributed by atoms with Gasteiger partial charge in [-0.2, -0.15) is 0 Å². The molecule has 7 nitrogen and oxygen atoms in total. The fourth-order valence-electron chi connectivity index (χ4n) is 8.16. The van der Waals surface area contributed by atoms with Crippen LogP contribution in [0.2, 0.25) is 0 Å². The summed E-state index contributed by atoms with van der Waals surface area (Å²) >= 11 is 0. The van der Waals surface area contributed by atoms with Crippen molar-refractivity contribution in [3.63, 3.8) is 0 Å². The second kappa shape index (κ2) is 25.4. The molecule has 0 bridgehead atoms. The van der Waals surface area contributed by atoms with Gasteiger partial charge in [0.15, 0.2) is 5.78 Å². The molecule has 0 aromatic heterocycles. The van der Waals surface area contributed by atoms with Crippen molar-refractivity contribution in [2.24, 2.45) is 35.0 Å². The van der Waals surface area contributed by atoms with Gasteiger partial charge in [0.25, 0.3) is 0 Å². The van der Waals surface area contributed by atoms with Crippen molar-refractivity contribution < 1.29 is 19.4 Å². The largest absolute Gasteiger partial charge is 0.400 e. The number of Topliss-reactive ketones (excluding diaryl/α,β-unsaturated/α-hetero) is 1. The van der Waals surface area contributed by atoms with E-state index < -0.39 is 6.10 Å². The van der Waals surface area contributed by atoms with E-state index in [0.717, 1.165) is 94.1 Å². The van der Waals surface area contributed by atoms with Gasteiger partial charge in [-0.3, -0.25) is 4.79 Å². The third kappa shape index (κ3) is 17.9. The van der Waals surface area contributed by atoms with Crippen molar-refractivity contribution in [3.05, 3.63) is 96.8 Å². The summed E-state index contributed by atoms with van der Waals surface area (Å²) in [4.78, 5) is 11.8. The zero-order valence-corrected chi connectivity index (χ0v) is 35.4. The number of ether oxygens (including phenoxy) is 2. The molecular weight excluding hydrogens is 683 g/mol. The zero-order chi connectivity index (χ0) is 41.0. The van der Waals surface area contributed by atoms with Crippen LogP contribution in [0.4, 0.5) is 0 Å². The number of allylic oxidation sites excluding steroid dienone is 8. The van der Waals surface area contributed by atoms with E-state index in [-0.39, 0.29) is 41.6 Å². The average Bonchev–Trinajstić information content (AvgIpc) is 3.16. The number of methoxy groups -OCH3 is 1. The van der Waals surface area contributed by atoms with Gasteiger partial charge in [0.1, 0.15) is 0 Å². The first-order valence-electron chi connectivity index (χ1n) is 21.2. The molecule has 1 saturated heterocycles. The van der Waals surface area contributed by atoms with Gasteiger partial charge in [0, 0.05) is 36.4 Å². The monoisotopic (exact) mass is 762 g/mol. The third-order valence-electron chi connectivity index (χ3n) is 12.2. The summed E-state index contributed by atoms with van der Waals surface area (Å²) in [5, 5.41) is 11.2. The minimum Gasteiger partial charge on any atom is -0.400 e. The van der Waals surface area contributed by atoms with Gasteiger partial charge in [-0.1, -0.05) is 94.5 Å². The third-order valence-corrected chi connectivity index (χ3v) is 12.2. The van der Waals surface area contributed by atoms with Crippen molar-refractivity contribution in [1.29, 1.82) is 0 Å². The number of hydrogen-bond donors (Lipinski definition) is 4. The van der Waals surface area contributed by atoms with Crippen molar-refractivity contribution in [2.45, 2.75) is 173 Å². The van der Waals surface area contributed by atoms with Crippen molar-refractivity contribution in [1.82, 2.24) is 0 Å². The Labute approximate surface area is 336 Å². The number of carbonyl (C=O) groups is 1. The van der Waals surface area contributed by atoms with Gasteiger partial charge >= 0.3 is 0 Å². The highest BCUT2D eigenvalue weighted by Crippen LogP contribution is 2.37. The average molecular weight is 762 g/mol. The normalized spacial score (nSPS) is 25.3. The van der Waals surface area contributed by atoms with Crippen LogP contribution < -0.4 is 17.2 Å². The molecule has 0 radical (unpaired) electrons. The molecule has 2 fully saturated rings. The van der Waals surface area contributed by atoms with Crippen LogP contribution in [0.3, 0.4) is 0 Å². The van der Waals surface area contributed by atoms with E-state index >= 15 is 0 Å². The van der Waals surface area contributed by atoms with E-state index in [4.69, 9.17) is 26.7 Å². The maximum Gasteiger partial charge on any atom is 0.157 e. The zero-order valence-electron chi connectivity index (χ0n) is 35.4. The molecule has 0 amide bonds. The highest BCUT2D eigenvalue weighted by molar-refractivity contribution is 5.93. The van der Waals surface area contributed by atoms with E-state index in [9.17, 15) is 9.90 Å². The minimum atomic E-state index is -0.608.